The molecule has 0 aromatic heterocycles. The second-order valence-electron chi connectivity index (χ2n) is 12.4. The summed E-state index contributed by atoms with van der Waals surface area (Å²) in [4.78, 5) is 55.8. The van der Waals surface area contributed by atoms with Crippen LogP contribution in [0, 0.1) is 5.92 Å². The number of hydrogen-bond donors (Lipinski definition) is 4. The number of carbonyl (C=O) groups excluding carboxylic acids is 4. The zero-order valence-electron chi connectivity index (χ0n) is 26.5. The number of aliphatic hydroxyl groups excluding tert-OH is 2. The zero-order valence-corrected chi connectivity index (χ0v) is 26.5. The zero-order chi connectivity index (χ0) is 32.6. The van der Waals surface area contributed by atoms with E-state index in [0.29, 0.717) is 44.0 Å². The van der Waals surface area contributed by atoms with Gasteiger partial charge in [0, 0.05) is 19.5 Å². The first-order chi connectivity index (χ1) is 21.5. The number of carbonyl (C=O) groups is 4. The Morgan fingerprint density at radius 3 is 2.33 bits per heavy atom. The van der Waals surface area contributed by atoms with Crippen molar-refractivity contribution in [2.24, 2.45) is 5.92 Å². The van der Waals surface area contributed by atoms with Crippen LogP contribution >= 0.6 is 0 Å². The molecular formula is C33H47N3O9. The van der Waals surface area contributed by atoms with E-state index in [1.54, 1.807) is 31.2 Å². The maximum Gasteiger partial charge on any atom is 0.234 e. The molecule has 12 nitrogen and oxygen atoms in total. The first kappa shape index (κ1) is 34.7. The van der Waals surface area contributed by atoms with Gasteiger partial charge in [-0.2, -0.15) is 0 Å². The average Bonchev–Trinajstić information content (AvgIpc) is 3.80. The van der Waals surface area contributed by atoms with Crippen molar-refractivity contribution in [1.82, 2.24) is 15.5 Å². The van der Waals surface area contributed by atoms with Gasteiger partial charge in [-0.05, 0) is 63.6 Å². The van der Waals surface area contributed by atoms with Gasteiger partial charge in [0.05, 0.1) is 57.6 Å². The van der Waals surface area contributed by atoms with Crippen molar-refractivity contribution >= 4 is 23.4 Å². The molecule has 2 fully saturated rings. The first-order valence-corrected chi connectivity index (χ1v) is 15.8. The van der Waals surface area contributed by atoms with Crippen molar-refractivity contribution in [3.8, 4) is 5.75 Å². The van der Waals surface area contributed by atoms with Crippen LogP contribution in [0.15, 0.2) is 35.9 Å². The van der Waals surface area contributed by atoms with Crippen molar-refractivity contribution in [2.45, 2.75) is 82.3 Å². The first-order valence-electron chi connectivity index (χ1n) is 15.8. The molecule has 3 aliphatic rings. The third-order valence-corrected chi connectivity index (χ3v) is 8.80. The number of aliphatic hydroxyl groups is 2. The third kappa shape index (κ3) is 9.67. The Morgan fingerprint density at radius 2 is 1.76 bits per heavy atom. The van der Waals surface area contributed by atoms with E-state index in [0.717, 1.165) is 31.3 Å². The number of allylic oxidation sites excluding steroid dienone is 1. The average molecular weight is 630 g/mol. The van der Waals surface area contributed by atoms with Gasteiger partial charge in [0.2, 0.25) is 11.8 Å². The molecule has 45 heavy (non-hydrogen) atoms. The van der Waals surface area contributed by atoms with Crippen molar-refractivity contribution in [2.75, 3.05) is 46.6 Å². The number of nitrogens with zero attached hydrogens (tertiary/aromatic N) is 1. The summed E-state index contributed by atoms with van der Waals surface area (Å²) in [5, 5.41) is 27.4. The predicted octanol–water partition coefficient (Wildman–Crippen LogP) is 1.24. The molecule has 2 saturated heterocycles. The summed E-state index contributed by atoms with van der Waals surface area (Å²) in [7, 11) is 1.51. The predicted molar refractivity (Wildman–Crippen MR) is 164 cm³/mol. The molecule has 4 N–H and O–H groups in total. The normalized spacial score (nSPS) is 23.4. The molecule has 1 aromatic carbocycles. The minimum Gasteiger partial charge on any atom is -0.497 e. The molecule has 6 atom stereocenters. The maximum absolute atomic E-state index is 14.0. The molecule has 1 aliphatic carbocycles. The van der Waals surface area contributed by atoms with Gasteiger partial charge < -0.3 is 35.1 Å². The fraction of sp³-hybridized carbons (Fsp3) is 0.636. The number of rotatable bonds is 16. The van der Waals surface area contributed by atoms with Gasteiger partial charge in [-0.15, -0.1) is 0 Å². The fourth-order valence-corrected chi connectivity index (χ4v) is 5.84. The van der Waals surface area contributed by atoms with E-state index in [-0.39, 0.29) is 18.9 Å². The lowest BCUT2D eigenvalue weighted by Gasteiger charge is -2.29. The summed E-state index contributed by atoms with van der Waals surface area (Å²) >= 11 is 0. The van der Waals surface area contributed by atoms with Crippen LogP contribution in [0.5, 0.6) is 5.75 Å². The molecule has 248 valence electrons. The van der Waals surface area contributed by atoms with Crippen LogP contribution in [0.3, 0.4) is 0 Å². The highest BCUT2D eigenvalue weighted by Gasteiger charge is 2.50. The van der Waals surface area contributed by atoms with E-state index in [4.69, 9.17) is 14.2 Å². The van der Waals surface area contributed by atoms with E-state index >= 15 is 0 Å². The highest BCUT2D eigenvalue weighted by molar-refractivity contribution is 5.98. The molecule has 0 saturated carbocycles. The number of ether oxygens (including phenoxy) is 3. The summed E-state index contributed by atoms with van der Waals surface area (Å²) < 4.78 is 15.9. The van der Waals surface area contributed by atoms with E-state index < -0.39 is 59.8 Å². The second kappa shape index (κ2) is 15.9. The van der Waals surface area contributed by atoms with Crippen molar-refractivity contribution < 1.29 is 43.6 Å². The Kier molecular flexibility index (Phi) is 12.3. The molecule has 2 heterocycles. The number of methoxy groups -OCH3 is 1. The Balaban J connectivity index is 1.54. The van der Waals surface area contributed by atoms with Gasteiger partial charge in [0.1, 0.15) is 17.4 Å². The van der Waals surface area contributed by atoms with Gasteiger partial charge in [0.25, 0.3) is 0 Å². The topological polar surface area (TPSA) is 167 Å². The van der Waals surface area contributed by atoms with Crippen LogP contribution in [0.2, 0.25) is 0 Å². The largest absolute Gasteiger partial charge is 0.497 e. The second-order valence-corrected chi connectivity index (χ2v) is 12.4. The van der Waals surface area contributed by atoms with Crippen LogP contribution in [0.4, 0.5) is 0 Å². The van der Waals surface area contributed by atoms with Gasteiger partial charge in [0.15, 0.2) is 11.6 Å². The molecule has 2 amide bonds. The van der Waals surface area contributed by atoms with Crippen LogP contribution < -0.4 is 15.4 Å². The van der Waals surface area contributed by atoms with Crippen molar-refractivity contribution in [3.05, 3.63) is 41.5 Å². The standard InChI is InChI=1S/C33H47N3O9/c1-21(37)29(35-28(39)19-36-13-15-44-16-14-36)27(38)18-25(30(40)23-9-11-24(43-3)12-10-23)32(42)34-26(31(41)33(2)20-45-33)17-22-7-5-4-6-8-22/h7,9-12,21,25-26,29-30,37,40H,4-6,8,13-20H2,1-3H3,(H,34,42)(H,35,39)/t21-,25+,26+,29+,30-,33-/m1/s1. The molecule has 0 radical (unpaired) electrons. The van der Waals surface area contributed by atoms with E-state index in [2.05, 4.69) is 16.7 Å². The highest BCUT2D eigenvalue weighted by Crippen LogP contribution is 2.32. The molecule has 2 aliphatic heterocycles. The van der Waals surface area contributed by atoms with Crippen molar-refractivity contribution in [1.29, 1.82) is 0 Å². The molecule has 12 heteroatoms. The van der Waals surface area contributed by atoms with Gasteiger partial charge in [-0.25, -0.2) is 0 Å². The van der Waals surface area contributed by atoms with Crippen LogP contribution in [0.25, 0.3) is 0 Å². The third-order valence-electron chi connectivity index (χ3n) is 8.80. The lowest BCUT2D eigenvalue weighted by molar-refractivity contribution is -0.138. The number of amides is 2. The van der Waals surface area contributed by atoms with Crippen LogP contribution in [-0.4, -0.2) is 109 Å². The molecule has 0 spiro atoms. The lowest BCUT2D eigenvalue weighted by atomic mass is 9.86. The van der Waals surface area contributed by atoms with E-state index in [1.165, 1.54) is 14.0 Å². The Morgan fingerprint density at radius 1 is 1.07 bits per heavy atom. The molecule has 4 rings (SSSR count). The van der Waals surface area contributed by atoms with E-state index in [9.17, 15) is 29.4 Å². The Labute approximate surface area is 264 Å². The minimum absolute atomic E-state index is 0.0265. The molecule has 0 unspecified atom stereocenters. The number of ketones is 2. The lowest BCUT2D eigenvalue weighted by Crippen LogP contribution is -2.53. The molecule has 1 aromatic rings. The highest BCUT2D eigenvalue weighted by atomic mass is 16.6. The number of morpholine rings is 1. The number of benzene rings is 1. The summed E-state index contributed by atoms with van der Waals surface area (Å²) in [6, 6.07) is 4.24. The summed E-state index contributed by atoms with van der Waals surface area (Å²) in [6.45, 7) is 5.48. The van der Waals surface area contributed by atoms with Gasteiger partial charge in [-0.3, -0.25) is 24.1 Å². The summed E-state index contributed by atoms with van der Waals surface area (Å²) in [6.07, 6.45) is 3.04. The Bertz CT molecular complexity index is 1220. The monoisotopic (exact) mass is 629 g/mol. The van der Waals surface area contributed by atoms with Gasteiger partial charge >= 0.3 is 0 Å². The number of Topliss-reactive ketones (excluding diaryl/α,β-unsaturated/α-hetero) is 2. The minimum atomic E-state index is -1.43. The quantitative estimate of drug-likeness (QED) is 0.154. The fourth-order valence-electron chi connectivity index (χ4n) is 5.84. The summed E-state index contributed by atoms with van der Waals surface area (Å²) in [5.41, 5.74) is 0.448. The molecule has 0 bridgehead atoms. The Hall–Kier alpha value is -3.16. The SMILES string of the molecule is COc1ccc([C@@H](O)[C@H](CC(=O)[C@@H](NC(=O)CN2CCOCC2)[C@@H](C)O)C(=O)N[C@@H](CC2=CCCCC2)C(=O)[C@@]2(C)CO2)cc1. The number of hydrogen-bond acceptors (Lipinski definition) is 10. The van der Waals surface area contributed by atoms with Crippen LogP contribution in [-0.2, 0) is 28.7 Å². The molecular weight excluding hydrogens is 582 g/mol. The van der Waals surface area contributed by atoms with Crippen LogP contribution in [0.1, 0.15) is 64.0 Å². The smallest absolute Gasteiger partial charge is 0.234 e. The number of epoxide rings is 1. The van der Waals surface area contributed by atoms with Gasteiger partial charge in [-0.1, -0.05) is 23.8 Å². The van der Waals surface area contributed by atoms with E-state index in [1.807, 2.05) is 4.90 Å². The van der Waals surface area contributed by atoms with Crippen molar-refractivity contribution in [3.63, 3.8) is 0 Å². The number of nitrogens with one attached hydrogen (secondary N) is 2. The maximum atomic E-state index is 14.0. The summed E-state index contributed by atoms with van der Waals surface area (Å²) in [5.74, 6) is -2.80.